The summed E-state index contributed by atoms with van der Waals surface area (Å²) >= 11 is 0. The van der Waals surface area contributed by atoms with E-state index in [9.17, 15) is 4.39 Å². The molecule has 0 saturated carbocycles. The first-order chi connectivity index (χ1) is 5.77. The van der Waals surface area contributed by atoms with Gasteiger partial charge in [-0.2, -0.15) is 0 Å². The number of hydrogen-bond acceptors (Lipinski definition) is 1. The zero-order valence-corrected chi connectivity index (χ0v) is 7.10. The van der Waals surface area contributed by atoms with Crippen molar-refractivity contribution in [3.63, 3.8) is 0 Å². The number of halogens is 1. The van der Waals surface area contributed by atoms with Crippen LogP contribution >= 0.6 is 0 Å². The minimum Gasteiger partial charge on any atom is -0.310 e. The van der Waals surface area contributed by atoms with Crippen LogP contribution in [0.3, 0.4) is 0 Å². The fourth-order valence-electron chi connectivity index (χ4n) is 1.40. The molecule has 0 amide bonds. The standard InChI is InChI=1S/C10H12FN/c1-7-2-3-8(6-9(7)11)10-4-5-12-10/h2-3,6,10,12H,4-5H2,1H3/t10-/m1/s1. The molecule has 0 radical (unpaired) electrons. The first-order valence-corrected chi connectivity index (χ1v) is 4.27. The molecule has 0 bridgehead atoms. The lowest BCUT2D eigenvalue weighted by Crippen LogP contribution is -2.34. The summed E-state index contributed by atoms with van der Waals surface area (Å²) in [7, 11) is 0. The lowest BCUT2D eigenvalue weighted by molar-refractivity contribution is 0.381. The van der Waals surface area contributed by atoms with Gasteiger partial charge in [-0.1, -0.05) is 12.1 Å². The Hall–Kier alpha value is -0.890. The average molecular weight is 165 g/mol. The van der Waals surface area contributed by atoms with E-state index in [1.54, 1.807) is 13.0 Å². The van der Waals surface area contributed by atoms with E-state index in [1.165, 1.54) is 0 Å². The molecule has 2 rings (SSSR count). The second-order valence-corrected chi connectivity index (χ2v) is 3.30. The van der Waals surface area contributed by atoms with Crippen molar-refractivity contribution in [2.75, 3.05) is 6.54 Å². The smallest absolute Gasteiger partial charge is 0.126 e. The molecule has 1 aromatic carbocycles. The molecule has 1 fully saturated rings. The number of rotatable bonds is 1. The third-order valence-corrected chi connectivity index (χ3v) is 2.42. The topological polar surface area (TPSA) is 12.0 Å². The van der Waals surface area contributed by atoms with Gasteiger partial charge >= 0.3 is 0 Å². The number of benzene rings is 1. The van der Waals surface area contributed by atoms with Gasteiger partial charge in [0.15, 0.2) is 0 Å². The van der Waals surface area contributed by atoms with Gasteiger partial charge in [0, 0.05) is 6.04 Å². The van der Waals surface area contributed by atoms with Gasteiger partial charge in [-0.15, -0.1) is 0 Å². The Balaban J connectivity index is 2.27. The van der Waals surface area contributed by atoms with E-state index in [4.69, 9.17) is 0 Å². The van der Waals surface area contributed by atoms with Gasteiger partial charge in [-0.05, 0) is 37.1 Å². The minimum atomic E-state index is -0.0961. The van der Waals surface area contributed by atoms with Crippen LogP contribution in [0.1, 0.15) is 23.6 Å². The maximum atomic E-state index is 13.1. The average Bonchev–Trinajstić information content (AvgIpc) is 1.93. The lowest BCUT2D eigenvalue weighted by Gasteiger charge is -2.28. The summed E-state index contributed by atoms with van der Waals surface area (Å²) in [5, 5.41) is 3.24. The van der Waals surface area contributed by atoms with E-state index in [0.29, 0.717) is 6.04 Å². The Labute approximate surface area is 71.6 Å². The third kappa shape index (κ3) is 1.23. The van der Waals surface area contributed by atoms with Crippen molar-refractivity contribution in [2.24, 2.45) is 0 Å². The van der Waals surface area contributed by atoms with Crippen LogP contribution in [0, 0.1) is 12.7 Å². The Morgan fingerprint density at radius 2 is 2.25 bits per heavy atom. The first-order valence-electron chi connectivity index (χ1n) is 4.27. The summed E-state index contributed by atoms with van der Waals surface area (Å²) < 4.78 is 13.1. The Kier molecular flexibility index (Phi) is 1.85. The van der Waals surface area contributed by atoms with Crippen LogP contribution in [-0.2, 0) is 0 Å². The van der Waals surface area contributed by atoms with Crippen molar-refractivity contribution in [3.05, 3.63) is 35.1 Å². The van der Waals surface area contributed by atoms with Gasteiger partial charge in [0.05, 0.1) is 0 Å². The van der Waals surface area contributed by atoms with Crippen LogP contribution in [0.15, 0.2) is 18.2 Å². The molecule has 0 aromatic heterocycles. The summed E-state index contributed by atoms with van der Waals surface area (Å²) in [6.07, 6.45) is 1.13. The monoisotopic (exact) mass is 165 g/mol. The molecule has 64 valence electrons. The molecule has 1 N–H and O–H groups in total. The van der Waals surface area contributed by atoms with Crippen LogP contribution in [0.25, 0.3) is 0 Å². The molecular weight excluding hydrogens is 153 g/mol. The van der Waals surface area contributed by atoms with Crippen molar-refractivity contribution < 1.29 is 4.39 Å². The zero-order chi connectivity index (χ0) is 8.55. The fourth-order valence-corrected chi connectivity index (χ4v) is 1.40. The number of hydrogen-bond donors (Lipinski definition) is 1. The summed E-state index contributed by atoms with van der Waals surface area (Å²) in [4.78, 5) is 0. The van der Waals surface area contributed by atoms with E-state index in [-0.39, 0.29) is 5.82 Å². The molecule has 1 atom stereocenters. The summed E-state index contributed by atoms with van der Waals surface area (Å²) in [5.74, 6) is -0.0961. The minimum absolute atomic E-state index is 0.0961. The Morgan fingerprint density at radius 3 is 2.75 bits per heavy atom. The molecule has 1 aromatic rings. The SMILES string of the molecule is Cc1ccc([C@H]2CCN2)cc1F. The number of nitrogens with one attached hydrogen (secondary N) is 1. The van der Waals surface area contributed by atoms with E-state index in [2.05, 4.69) is 5.32 Å². The summed E-state index contributed by atoms with van der Waals surface area (Å²) in [6.45, 7) is 2.84. The molecule has 1 nitrogen and oxygen atoms in total. The maximum absolute atomic E-state index is 13.1. The quantitative estimate of drug-likeness (QED) is 0.672. The van der Waals surface area contributed by atoms with Gasteiger partial charge < -0.3 is 5.32 Å². The predicted octanol–water partition coefficient (Wildman–Crippen LogP) is 2.17. The van der Waals surface area contributed by atoms with Gasteiger partial charge in [0.25, 0.3) is 0 Å². The van der Waals surface area contributed by atoms with Crippen LogP contribution in [-0.4, -0.2) is 6.54 Å². The van der Waals surface area contributed by atoms with Crippen molar-refractivity contribution in [2.45, 2.75) is 19.4 Å². The van der Waals surface area contributed by atoms with Crippen LogP contribution in [0.4, 0.5) is 4.39 Å². The van der Waals surface area contributed by atoms with Gasteiger partial charge in [0.1, 0.15) is 5.82 Å². The highest BCUT2D eigenvalue weighted by atomic mass is 19.1. The first kappa shape index (κ1) is 7.74. The number of aryl methyl sites for hydroxylation is 1. The zero-order valence-electron chi connectivity index (χ0n) is 7.10. The molecule has 1 aliphatic heterocycles. The maximum Gasteiger partial charge on any atom is 0.126 e. The van der Waals surface area contributed by atoms with Crippen molar-refractivity contribution in [1.82, 2.24) is 5.32 Å². The fraction of sp³-hybridized carbons (Fsp3) is 0.400. The highest BCUT2D eigenvalue weighted by Gasteiger charge is 2.18. The van der Waals surface area contributed by atoms with Crippen molar-refractivity contribution in [3.8, 4) is 0 Å². The molecule has 2 heteroatoms. The molecular formula is C10H12FN. The van der Waals surface area contributed by atoms with Gasteiger partial charge in [-0.3, -0.25) is 0 Å². The largest absolute Gasteiger partial charge is 0.310 e. The second kappa shape index (κ2) is 2.87. The highest BCUT2D eigenvalue weighted by molar-refractivity contribution is 5.26. The van der Waals surface area contributed by atoms with Gasteiger partial charge in [-0.25, -0.2) is 4.39 Å². The summed E-state index contributed by atoms with van der Waals surface area (Å²) in [5.41, 5.74) is 1.79. The molecule has 1 aliphatic rings. The van der Waals surface area contributed by atoms with Crippen LogP contribution in [0.2, 0.25) is 0 Å². The molecule has 1 saturated heterocycles. The van der Waals surface area contributed by atoms with E-state index < -0.39 is 0 Å². The lowest BCUT2D eigenvalue weighted by atomic mass is 9.97. The molecule has 12 heavy (non-hydrogen) atoms. The van der Waals surface area contributed by atoms with Gasteiger partial charge in [0.2, 0.25) is 0 Å². The van der Waals surface area contributed by atoms with Crippen molar-refractivity contribution >= 4 is 0 Å². The Bertz CT molecular complexity index is 292. The van der Waals surface area contributed by atoms with Crippen LogP contribution in [0.5, 0.6) is 0 Å². The van der Waals surface area contributed by atoms with Crippen LogP contribution < -0.4 is 5.32 Å². The molecule has 1 heterocycles. The van der Waals surface area contributed by atoms with E-state index in [1.807, 2.05) is 12.1 Å². The second-order valence-electron chi connectivity index (χ2n) is 3.30. The summed E-state index contributed by atoms with van der Waals surface area (Å²) in [6, 6.07) is 5.85. The Morgan fingerprint density at radius 1 is 1.50 bits per heavy atom. The van der Waals surface area contributed by atoms with E-state index in [0.717, 1.165) is 24.1 Å². The van der Waals surface area contributed by atoms with Crippen molar-refractivity contribution in [1.29, 1.82) is 0 Å². The molecule has 0 unspecified atom stereocenters. The molecule has 0 spiro atoms. The van der Waals surface area contributed by atoms with E-state index >= 15 is 0 Å². The highest BCUT2D eigenvalue weighted by Crippen LogP contribution is 2.23. The normalized spacial score (nSPS) is 22.0. The predicted molar refractivity (Wildman–Crippen MR) is 46.5 cm³/mol. The molecule has 0 aliphatic carbocycles. The third-order valence-electron chi connectivity index (χ3n) is 2.42.